The molecule has 110 valence electrons. The highest BCUT2D eigenvalue weighted by Gasteiger charge is 2.60. The first-order valence-electron chi connectivity index (χ1n) is 7.48. The van der Waals surface area contributed by atoms with E-state index in [0.717, 1.165) is 19.4 Å². The zero-order valence-corrected chi connectivity index (χ0v) is 13.6. The van der Waals surface area contributed by atoms with Gasteiger partial charge in [-0.15, -0.1) is 11.3 Å². The Bertz CT molecular complexity index is 503. The number of thiophene rings is 1. The molecule has 3 rings (SSSR count). The number of amides is 1. The first-order valence-corrected chi connectivity index (χ1v) is 8.36. The van der Waals surface area contributed by atoms with Gasteiger partial charge in [0.1, 0.15) is 11.7 Å². The molecule has 1 saturated carbocycles. The lowest BCUT2D eigenvalue weighted by atomic mass is 9.80. The fraction of sp³-hybridized carbons (Fsp3) is 0.688. The van der Waals surface area contributed by atoms with Crippen LogP contribution >= 0.6 is 11.3 Å². The first-order chi connectivity index (χ1) is 9.36. The highest BCUT2D eigenvalue weighted by Crippen LogP contribution is 2.47. The third kappa shape index (κ3) is 2.19. The second-order valence-corrected chi connectivity index (χ2v) is 8.20. The van der Waals surface area contributed by atoms with Crippen LogP contribution in [0.5, 0.6) is 0 Å². The fourth-order valence-electron chi connectivity index (χ4n) is 2.73. The molecule has 0 aromatic carbocycles. The quantitative estimate of drug-likeness (QED) is 0.922. The molecule has 1 aromatic heterocycles. The van der Waals surface area contributed by atoms with Crippen LogP contribution in [0.25, 0.3) is 0 Å². The molecule has 1 unspecified atom stereocenters. The first kappa shape index (κ1) is 14.1. The Morgan fingerprint density at radius 1 is 1.50 bits per heavy atom. The summed E-state index contributed by atoms with van der Waals surface area (Å²) in [4.78, 5) is 16.1. The molecule has 1 saturated heterocycles. The molecule has 4 heteroatoms. The van der Waals surface area contributed by atoms with Crippen molar-refractivity contribution >= 4 is 17.2 Å². The Kier molecular flexibility index (Phi) is 3.22. The van der Waals surface area contributed by atoms with Gasteiger partial charge in [-0.2, -0.15) is 0 Å². The summed E-state index contributed by atoms with van der Waals surface area (Å²) in [6.45, 7) is 9.81. The van der Waals surface area contributed by atoms with Crippen molar-refractivity contribution in [2.45, 2.75) is 52.2 Å². The highest BCUT2D eigenvalue weighted by atomic mass is 32.1. The molecule has 1 aliphatic heterocycles. The third-order valence-electron chi connectivity index (χ3n) is 5.10. The zero-order valence-electron chi connectivity index (χ0n) is 12.8. The Balaban J connectivity index is 1.87. The number of carbonyl (C=O) groups excluding carboxylic acids is 1. The van der Waals surface area contributed by atoms with Crippen molar-refractivity contribution in [1.29, 1.82) is 0 Å². The van der Waals surface area contributed by atoms with Crippen LogP contribution in [0.15, 0.2) is 17.5 Å². The summed E-state index contributed by atoms with van der Waals surface area (Å²) >= 11 is 1.73. The van der Waals surface area contributed by atoms with Gasteiger partial charge in [0, 0.05) is 11.4 Å². The maximum Gasteiger partial charge on any atom is 0.244 e. The molecule has 3 nitrogen and oxygen atoms in total. The van der Waals surface area contributed by atoms with E-state index in [9.17, 15) is 4.79 Å². The van der Waals surface area contributed by atoms with Crippen molar-refractivity contribution in [3.63, 3.8) is 0 Å². The lowest BCUT2D eigenvalue weighted by Crippen LogP contribution is -2.41. The molecule has 2 aliphatic rings. The van der Waals surface area contributed by atoms with E-state index >= 15 is 0 Å². The Morgan fingerprint density at radius 3 is 2.70 bits per heavy atom. The van der Waals surface area contributed by atoms with E-state index in [0.29, 0.717) is 11.8 Å². The molecular weight excluding hydrogens is 268 g/mol. The SMILES string of the molecule is CC(C)C(C)(C)CN1C(=O)C2(CC2)NC1c1cccs1. The van der Waals surface area contributed by atoms with Crippen LogP contribution in [0.3, 0.4) is 0 Å². The van der Waals surface area contributed by atoms with Gasteiger partial charge in [-0.1, -0.05) is 33.8 Å². The number of hydrogen-bond acceptors (Lipinski definition) is 3. The lowest BCUT2D eigenvalue weighted by Gasteiger charge is -2.36. The number of hydrogen-bond donors (Lipinski definition) is 1. The fourth-order valence-corrected chi connectivity index (χ4v) is 3.52. The molecule has 1 amide bonds. The monoisotopic (exact) mass is 292 g/mol. The second kappa shape index (κ2) is 4.57. The molecule has 0 radical (unpaired) electrons. The van der Waals surface area contributed by atoms with Crippen LogP contribution in [0.4, 0.5) is 0 Å². The van der Waals surface area contributed by atoms with Gasteiger partial charge in [-0.05, 0) is 35.6 Å². The van der Waals surface area contributed by atoms with Crippen molar-refractivity contribution in [1.82, 2.24) is 10.2 Å². The van der Waals surface area contributed by atoms with Crippen LogP contribution in [0.1, 0.15) is 51.6 Å². The largest absolute Gasteiger partial charge is 0.320 e. The normalized spacial score (nSPS) is 24.9. The van der Waals surface area contributed by atoms with Crippen LogP contribution in [0, 0.1) is 11.3 Å². The van der Waals surface area contributed by atoms with Gasteiger partial charge in [-0.3, -0.25) is 10.1 Å². The Morgan fingerprint density at radius 2 is 2.20 bits per heavy atom. The van der Waals surface area contributed by atoms with Crippen molar-refractivity contribution < 1.29 is 4.79 Å². The van der Waals surface area contributed by atoms with Crippen LogP contribution in [0.2, 0.25) is 0 Å². The Labute approximate surface area is 125 Å². The van der Waals surface area contributed by atoms with E-state index in [1.807, 2.05) is 0 Å². The summed E-state index contributed by atoms with van der Waals surface area (Å²) in [5, 5.41) is 5.68. The summed E-state index contributed by atoms with van der Waals surface area (Å²) in [7, 11) is 0. The van der Waals surface area contributed by atoms with Crippen LogP contribution in [-0.2, 0) is 4.79 Å². The summed E-state index contributed by atoms with van der Waals surface area (Å²) in [5.74, 6) is 0.861. The summed E-state index contributed by atoms with van der Waals surface area (Å²) in [5.41, 5.74) is -0.102. The van der Waals surface area contributed by atoms with Gasteiger partial charge >= 0.3 is 0 Å². The van der Waals surface area contributed by atoms with Gasteiger partial charge in [0.15, 0.2) is 0 Å². The van der Waals surface area contributed by atoms with Crippen molar-refractivity contribution in [2.75, 3.05) is 6.54 Å². The topological polar surface area (TPSA) is 32.3 Å². The van der Waals surface area contributed by atoms with Gasteiger partial charge in [0.05, 0.1) is 0 Å². The molecule has 1 N–H and O–H groups in total. The number of carbonyl (C=O) groups is 1. The summed E-state index contributed by atoms with van der Waals surface area (Å²) < 4.78 is 0. The molecular formula is C16H24N2OS. The smallest absolute Gasteiger partial charge is 0.244 e. The standard InChI is InChI=1S/C16H24N2OS/c1-11(2)15(3,4)10-18-13(12-6-5-9-20-12)17-16(7-8-16)14(18)19/h5-6,9,11,13,17H,7-8,10H2,1-4H3. The van der Waals surface area contributed by atoms with Gasteiger partial charge in [-0.25, -0.2) is 0 Å². The minimum atomic E-state index is -0.234. The maximum atomic E-state index is 12.8. The van der Waals surface area contributed by atoms with Gasteiger partial charge < -0.3 is 4.90 Å². The molecule has 2 fully saturated rings. The Hall–Kier alpha value is -0.870. The average molecular weight is 292 g/mol. The van der Waals surface area contributed by atoms with Gasteiger partial charge in [0.2, 0.25) is 5.91 Å². The van der Waals surface area contributed by atoms with Crippen molar-refractivity contribution in [2.24, 2.45) is 11.3 Å². The lowest BCUT2D eigenvalue weighted by molar-refractivity contribution is -0.132. The van der Waals surface area contributed by atoms with Gasteiger partial charge in [0.25, 0.3) is 0 Å². The van der Waals surface area contributed by atoms with E-state index in [1.54, 1.807) is 11.3 Å². The molecule has 2 heterocycles. The number of rotatable bonds is 4. The van der Waals surface area contributed by atoms with E-state index in [4.69, 9.17) is 0 Å². The van der Waals surface area contributed by atoms with E-state index in [-0.39, 0.29) is 17.1 Å². The molecule has 1 aliphatic carbocycles. The molecule has 1 atom stereocenters. The minimum Gasteiger partial charge on any atom is -0.320 e. The predicted octanol–water partition coefficient (Wildman–Crippen LogP) is 3.39. The van der Waals surface area contributed by atoms with Crippen molar-refractivity contribution in [3.8, 4) is 0 Å². The summed E-state index contributed by atoms with van der Waals surface area (Å²) in [6, 6.07) is 4.20. The minimum absolute atomic E-state index is 0.0722. The highest BCUT2D eigenvalue weighted by molar-refractivity contribution is 7.10. The molecule has 0 bridgehead atoms. The molecule has 1 spiro atoms. The zero-order chi connectivity index (χ0) is 14.5. The molecule has 20 heavy (non-hydrogen) atoms. The van der Waals surface area contributed by atoms with Crippen LogP contribution in [-0.4, -0.2) is 22.9 Å². The number of nitrogens with one attached hydrogen (secondary N) is 1. The maximum absolute atomic E-state index is 12.8. The van der Waals surface area contributed by atoms with Crippen molar-refractivity contribution in [3.05, 3.63) is 22.4 Å². The summed E-state index contributed by atoms with van der Waals surface area (Å²) in [6.07, 6.45) is 2.06. The third-order valence-corrected chi connectivity index (χ3v) is 6.02. The van der Waals surface area contributed by atoms with E-state index in [1.165, 1.54) is 4.88 Å². The second-order valence-electron chi connectivity index (χ2n) is 7.22. The van der Waals surface area contributed by atoms with E-state index in [2.05, 4.69) is 55.4 Å². The average Bonchev–Trinajstić information content (AvgIpc) is 2.86. The number of nitrogens with zero attached hydrogens (tertiary/aromatic N) is 1. The van der Waals surface area contributed by atoms with Crippen LogP contribution < -0.4 is 5.32 Å². The predicted molar refractivity (Wildman–Crippen MR) is 82.5 cm³/mol. The van der Waals surface area contributed by atoms with E-state index < -0.39 is 0 Å². The molecule has 1 aromatic rings.